The van der Waals surface area contributed by atoms with Crippen LogP contribution < -0.4 is 16.2 Å². The molecule has 2 N–H and O–H groups in total. The Balaban J connectivity index is 2.59. The monoisotopic (exact) mass is 266 g/mol. The van der Waals surface area contributed by atoms with Crippen LogP contribution in [0.25, 0.3) is 0 Å². The number of carbonyl (C=O) groups is 1. The second kappa shape index (κ2) is 7.56. The van der Waals surface area contributed by atoms with Gasteiger partial charge in [0.25, 0.3) is 5.56 Å². The fourth-order valence-electron chi connectivity index (χ4n) is 1.69. The van der Waals surface area contributed by atoms with Gasteiger partial charge in [-0.25, -0.2) is 4.98 Å². The lowest BCUT2D eigenvalue weighted by Crippen LogP contribution is -2.28. The average molecular weight is 266 g/mol. The SMILES string of the molecule is CCNC(=O)CCNc1nccn(CC(C)C)c1=O. The summed E-state index contributed by atoms with van der Waals surface area (Å²) in [5.74, 6) is 0.657. The van der Waals surface area contributed by atoms with Crippen LogP contribution in [-0.4, -0.2) is 28.5 Å². The Hall–Kier alpha value is -1.85. The van der Waals surface area contributed by atoms with Crippen LogP contribution in [0.2, 0.25) is 0 Å². The highest BCUT2D eigenvalue weighted by Crippen LogP contribution is 1.98. The summed E-state index contributed by atoms with van der Waals surface area (Å²) in [5, 5.41) is 5.61. The molecule has 1 rings (SSSR count). The molecule has 0 unspecified atom stereocenters. The third-order valence-electron chi connectivity index (χ3n) is 2.49. The first-order chi connectivity index (χ1) is 9.04. The first-order valence-corrected chi connectivity index (χ1v) is 6.60. The van der Waals surface area contributed by atoms with Crippen LogP contribution in [0.15, 0.2) is 17.2 Å². The van der Waals surface area contributed by atoms with E-state index in [0.717, 1.165) is 0 Å². The van der Waals surface area contributed by atoms with Crippen LogP contribution in [0.5, 0.6) is 0 Å². The van der Waals surface area contributed by atoms with Gasteiger partial charge in [-0.05, 0) is 12.8 Å². The summed E-state index contributed by atoms with van der Waals surface area (Å²) in [6, 6.07) is 0. The van der Waals surface area contributed by atoms with Gasteiger partial charge in [-0.3, -0.25) is 9.59 Å². The topological polar surface area (TPSA) is 76.0 Å². The number of hydrogen-bond acceptors (Lipinski definition) is 4. The molecule has 0 aliphatic heterocycles. The Morgan fingerprint density at radius 3 is 2.84 bits per heavy atom. The molecule has 0 aliphatic carbocycles. The molecule has 106 valence electrons. The number of hydrogen-bond donors (Lipinski definition) is 2. The maximum absolute atomic E-state index is 12.0. The van der Waals surface area contributed by atoms with Gasteiger partial charge in [0.2, 0.25) is 5.91 Å². The fraction of sp³-hybridized carbons (Fsp3) is 0.615. The molecular weight excluding hydrogens is 244 g/mol. The van der Waals surface area contributed by atoms with E-state index in [-0.39, 0.29) is 11.5 Å². The van der Waals surface area contributed by atoms with E-state index in [2.05, 4.69) is 29.5 Å². The van der Waals surface area contributed by atoms with Gasteiger partial charge in [0.1, 0.15) is 0 Å². The van der Waals surface area contributed by atoms with Crippen molar-refractivity contribution in [1.29, 1.82) is 0 Å². The average Bonchev–Trinajstić information content (AvgIpc) is 2.33. The Morgan fingerprint density at radius 1 is 1.47 bits per heavy atom. The van der Waals surface area contributed by atoms with Gasteiger partial charge in [0.05, 0.1) is 0 Å². The summed E-state index contributed by atoms with van der Waals surface area (Å²) in [6.45, 7) is 7.65. The van der Waals surface area contributed by atoms with E-state index in [1.807, 2.05) is 6.92 Å². The van der Waals surface area contributed by atoms with Gasteiger partial charge in [0.15, 0.2) is 5.82 Å². The second-order valence-corrected chi connectivity index (χ2v) is 4.76. The number of nitrogens with one attached hydrogen (secondary N) is 2. The summed E-state index contributed by atoms with van der Waals surface area (Å²) in [4.78, 5) is 27.3. The van der Waals surface area contributed by atoms with Crippen molar-refractivity contribution < 1.29 is 4.79 Å². The summed E-state index contributed by atoms with van der Waals surface area (Å²) >= 11 is 0. The molecule has 1 aromatic rings. The van der Waals surface area contributed by atoms with Gasteiger partial charge in [0, 0.05) is 38.4 Å². The highest BCUT2D eigenvalue weighted by atomic mass is 16.1. The quantitative estimate of drug-likeness (QED) is 0.766. The predicted octanol–water partition coefficient (Wildman–Crippen LogP) is 0.837. The van der Waals surface area contributed by atoms with Crippen molar-refractivity contribution in [2.45, 2.75) is 33.7 Å². The largest absolute Gasteiger partial charge is 0.365 e. The minimum atomic E-state index is -0.146. The van der Waals surface area contributed by atoms with E-state index in [9.17, 15) is 9.59 Å². The lowest BCUT2D eigenvalue weighted by Gasteiger charge is -2.10. The lowest BCUT2D eigenvalue weighted by atomic mass is 10.2. The van der Waals surface area contributed by atoms with Crippen LogP contribution in [0, 0.1) is 5.92 Å². The van der Waals surface area contributed by atoms with Gasteiger partial charge in [-0.15, -0.1) is 0 Å². The number of nitrogens with zero attached hydrogens (tertiary/aromatic N) is 2. The molecule has 6 heteroatoms. The van der Waals surface area contributed by atoms with Crippen molar-refractivity contribution in [3.05, 3.63) is 22.7 Å². The Bertz CT molecular complexity index is 468. The number of amides is 1. The Morgan fingerprint density at radius 2 is 2.21 bits per heavy atom. The smallest absolute Gasteiger partial charge is 0.293 e. The van der Waals surface area contributed by atoms with E-state index in [1.54, 1.807) is 17.0 Å². The van der Waals surface area contributed by atoms with Gasteiger partial charge in [-0.2, -0.15) is 0 Å². The van der Waals surface area contributed by atoms with E-state index >= 15 is 0 Å². The predicted molar refractivity (Wildman–Crippen MR) is 75.1 cm³/mol. The van der Waals surface area contributed by atoms with Crippen LogP contribution in [0.4, 0.5) is 5.82 Å². The summed E-state index contributed by atoms with van der Waals surface area (Å²) < 4.78 is 1.63. The number of rotatable bonds is 7. The molecule has 0 spiro atoms. The number of anilines is 1. The van der Waals surface area contributed by atoms with Crippen molar-refractivity contribution in [2.75, 3.05) is 18.4 Å². The molecule has 1 aromatic heterocycles. The van der Waals surface area contributed by atoms with Crippen LogP contribution >= 0.6 is 0 Å². The highest BCUT2D eigenvalue weighted by molar-refractivity contribution is 5.76. The first kappa shape index (κ1) is 15.2. The molecule has 0 aromatic carbocycles. The highest BCUT2D eigenvalue weighted by Gasteiger charge is 2.06. The normalized spacial score (nSPS) is 10.5. The summed E-state index contributed by atoms with van der Waals surface area (Å²) in [5.41, 5.74) is -0.146. The zero-order chi connectivity index (χ0) is 14.3. The maximum Gasteiger partial charge on any atom is 0.293 e. The molecular formula is C13H22N4O2. The molecule has 6 nitrogen and oxygen atoms in total. The van der Waals surface area contributed by atoms with Gasteiger partial charge in [-0.1, -0.05) is 13.8 Å². The van der Waals surface area contributed by atoms with Crippen molar-refractivity contribution in [1.82, 2.24) is 14.9 Å². The van der Waals surface area contributed by atoms with Crippen molar-refractivity contribution in [3.63, 3.8) is 0 Å². The zero-order valence-corrected chi connectivity index (χ0v) is 11.8. The number of carbonyl (C=O) groups excluding carboxylic acids is 1. The third-order valence-corrected chi connectivity index (χ3v) is 2.49. The molecule has 0 saturated carbocycles. The molecule has 19 heavy (non-hydrogen) atoms. The Kier molecular flexibility index (Phi) is 6.05. The molecule has 0 saturated heterocycles. The molecule has 1 heterocycles. The van der Waals surface area contributed by atoms with Crippen LogP contribution in [-0.2, 0) is 11.3 Å². The molecule has 1 amide bonds. The second-order valence-electron chi connectivity index (χ2n) is 4.76. The molecule has 0 aliphatic rings. The summed E-state index contributed by atoms with van der Waals surface area (Å²) in [7, 11) is 0. The molecule has 0 bridgehead atoms. The lowest BCUT2D eigenvalue weighted by molar-refractivity contribution is -0.120. The van der Waals surface area contributed by atoms with Gasteiger partial charge >= 0.3 is 0 Å². The Labute approximate surface area is 113 Å². The zero-order valence-electron chi connectivity index (χ0n) is 11.8. The summed E-state index contributed by atoms with van der Waals surface area (Å²) in [6.07, 6.45) is 3.60. The van der Waals surface area contributed by atoms with Crippen LogP contribution in [0.1, 0.15) is 27.2 Å². The van der Waals surface area contributed by atoms with E-state index < -0.39 is 0 Å². The van der Waals surface area contributed by atoms with Crippen LogP contribution in [0.3, 0.4) is 0 Å². The van der Waals surface area contributed by atoms with E-state index in [4.69, 9.17) is 0 Å². The third kappa shape index (κ3) is 5.11. The minimum Gasteiger partial charge on any atom is -0.365 e. The van der Waals surface area contributed by atoms with E-state index in [1.165, 1.54) is 0 Å². The fourth-order valence-corrected chi connectivity index (χ4v) is 1.69. The first-order valence-electron chi connectivity index (χ1n) is 6.60. The van der Waals surface area contributed by atoms with Crippen molar-refractivity contribution in [2.24, 2.45) is 5.92 Å². The van der Waals surface area contributed by atoms with Crippen molar-refractivity contribution in [3.8, 4) is 0 Å². The standard InChI is InChI=1S/C13H22N4O2/c1-4-14-11(18)5-6-15-12-13(19)17(8-7-16-12)9-10(2)3/h7-8,10H,4-6,9H2,1-3H3,(H,14,18)(H,15,16). The molecule has 0 atom stereocenters. The molecule has 0 radical (unpaired) electrons. The van der Waals surface area contributed by atoms with E-state index in [0.29, 0.717) is 37.8 Å². The maximum atomic E-state index is 12.0. The molecule has 0 fully saturated rings. The van der Waals surface area contributed by atoms with Crippen molar-refractivity contribution >= 4 is 11.7 Å². The minimum absolute atomic E-state index is 0.0339. The van der Waals surface area contributed by atoms with Gasteiger partial charge < -0.3 is 15.2 Å². The number of aromatic nitrogens is 2.